The van der Waals surface area contributed by atoms with Gasteiger partial charge in [-0.15, -0.1) is 0 Å². The van der Waals surface area contributed by atoms with Gasteiger partial charge in [0.25, 0.3) is 0 Å². The van der Waals surface area contributed by atoms with Crippen molar-refractivity contribution in [2.75, 3.05) is 0 Å². The third-order valence-corrected chi connectivity index (χ3v) is 2.91. The minimum absolute atomic E-state index is 0.632. The zero-order valence-electron chi connectivity index (χ0n) is 8.13. The van der Waals surface area contributed by atoms with Crippen molar-refractivity contribution < 1.29 is 15.0 Å². The van der Waals surface area contributed by atoms with E-state index in [2.05, 4.69) is 11.7 Å². The molecule has 0 spiro atoms. The van der Waals surface area contributed by atoms with Gasteiger partial charge in [-0.25, -0.2) is 9.48 Å². The van der Waals surface area contributed by atoms with Crippen molar-refractivity contribution in [2.24, 2.45) is 0 Å². The first-order valence-corrected chi connectivity index (χ1v) is 4.68. The highest BCUT2D eigenvalue weighted by Gasteiger charge is 2.54. The minimum Gasteiger partial charge on any atom is -0.479 e. The van der Waals surface area contributed by atoms with Gasteiger partial charge in [-0.2, -0.15) is 5.10 Å². The number of carboxylic acids is 1. The van der Waals surface area contributed by atoms with Crippen LogP contribution in [0.4, 0.5) is 0 Å². The summed E-state index contributed by atoms with van der Waals surface area (Å²) in [6, 6.07) is 0. The smallest absolute Gasteiger partial charge is 0.333 e. The van der Waals surface area contributed by atoms with Gasteiger partial charge in [-0.3, -0.25) is 0 Å². The van der Waals surface area contributed by atoms with Crippen LogP contribution in [0, 0.1) is 0 Å². The van der Waals surface area contributed by atoms with E-state index in [4.69, 9.17) is 5.11 Å². The molecule has 1 aliphatic carbocycles. The summed E-state index contributed by atoms with van der Waals surface area (Å²) >= 11 is 0. The summed E-state index contributed by atoms with van der Waals surface area (Å²) in [5, 5.41) is 22.4. The quantitative estimate of drug-likeness (QED) is 0.753. The van der Waals surface area contributed by atoms with Crippen LogP contribution in [-0.4, -0.2) is 32.1 Å². The molecule has 2 N–H and O–H groups in total. The Morgan fingerprint density at radius 3 is 2.80 bits per heavy atom. The zero-order valence-corrected chi connectivity index (χ0v) is 8.13. The molecule has 1 aromatic heterocycles. The van der Waals surface area contributed by atoms with E-state index in [1.165, 1.54) is 10.9 Å². The van der Waals surface area contributed by atoms with Crippen LogP contribution in [0.2, 0.25) is 0 Å². The van der Waals surface area contributed by atoms with Gasteiger partial charge in [-0.1, -0.05) is 6.58 Å². The Kier molecular flexibility index (Phi) is 2.12. The fourth-order valence-corrected chi connectivity index (χ4v) is 1.79. The second-order valence-corrected chi connectivity index (χ2v) is 3.79. The lowest BCUT2D eigenvalue weighted by atomic mass is 9.93. The molecule has 0 aliphatic heterocycles. The first-order valence-electron chi connectivity index (χ1n) is 4.68. The lowest BCUT2D eigenvalue weighted by molar-refractivity contribution is -0.148. The maximum absolute atomic E-state index is 10.7. The fraction of sp³-hybridized carbons (Fsp3) is 0.400. The molecular formula is C10H12N2O3. The molecule has 0 saturated heterocycles. The van der Waals surface area contributed by atoms with Crippen molar-refractivity contribution >= 4 is 12.2 Å². The predicted molar refractivity (Wildman–Crippen MR) is 53.2 cm³/mol. The topological polar surface area (TPSA) is 75.4 Å². The molecule has 1 heterocycles. The third-order valence-electron chi connectivity index (χ3n) is 2.91. The number of carbonyl (C=O) groups is 1. The van der Waals surface area contributed by atoms with Gasteiger partial charge >= 0.3 is 5.97 Å². The molecule has 2 rings (SSSR count). The van der Waals surface area contributed by atoms with Crippen molar-refractivity contribution in [2.45, 2.75) is 24.4 Å². The summed E-state index contributed by atoms with van der Waals surface area (Å²) in [4.78, 5) is 10.7. The Balaban J connectivity index is 2.29. The van der Waals surface area contributed by atoms with Crippen molar-refractivity contribution in [3.8, 4) is 0 Å². The Hall–Kier alpha value is -1.62. The van der Waals surface area contributed by atoms with Crippen molar-refractivity contribution in [3.05, 3.63) is 24.5 Å². The number of aliphatic carboxylic acids is 1. The Bertz CT molecular complexity index is 407. The highest BCUT2D eigenvalue weighted by molar-refractivity contribution is 5.75. The fourth-order valence-electron chi connectivity index (χ4n) is 1.79. The van der Waals surface area contributed by atoms with Gasteiger partial charge in [0.1, 0.15) is 0 Å². The first-order chi connectivity index (χ1) is 7.10. The van der Waals surface area contributed by atoms with Gasteiger partial charge in [0.15, 0.2) is 6.10 Å². The van der Waals surface area contributed by atoms with Crippen LogP contribution >= 0.6 is 0 Å². The van der Waals surface area contributed by atoms with Gasteiger partial charge in [-0.05, 0) is 18.4 Å². The standard InChI is InChI=1S/C10H12N2O3/c1-2-12-6-7(5-11-12)10(3-4-10)8(13)9(14)15/h2,5-6,8,13H,1,3-4H2,(H,14,15). The number of aliphatic hydroxyl groups excluding tert-OH is 1. The summed E-state index contributed by atoms with van der Waals surface area (Å²) in [5.74, 6) is -1.18. The predicted octanol–water partition coefficient (Wildman–Crippen LogP) is 0.461. The van der Waals surface area contributed by atoms with Gasteiger partial charge in [0, 0.05) is 17.8 Å². The first kappa shape index (κ1) is 9.92. The summed E-state index contributed by atoms with van der Waals surface area (Å²) in [6.45, 7) is 3.55. The molecule has 1 unspecified atom stereocenters. The SMILES string of the molecule is C=Cn1cc(C2(C(O)C(=O)O)CC2)cn1. The second kappa shape index (κ2) is 3.20. The van der Waals surface area contributed by atoms with E-state index in [9.17, 15) is 9.90 Å². The molecule has 0 amide bonds. The largest absolute Gasteiger partial charge is 0.479 e. The van der Waals surface area contributed by atoms with E-state index in [1.54, 1.807) is 12.4 Å². The van der Waals surface area contributed by atoms with Gasteiger partial charge < -0.3 is 10.2 Å². The summed E-state index contributed by atoms with van der Waals surface area (Å²) in [5.41, 5.74) is 0.130. The zero-order chi connectivity index (χ0) is 11.1. The average molecular weight is 208 g/mol. The molecule has 1 fully saturated rings. The molecular weight excluding hydrogens is 196 g/mol. The maximum Gasteiger partial charge on any atom is 0.333 e. The highest BCUT2D eigenvalue weighted by Crippen LogP contribution is 2.50. The molecule has 15 heavy (non-hydrogen) atoms. The van der Waals surface area contributed by atoms with E-state index in [1.807, 2.05) is 0 Å². The molecule has 80 valence electrons. The van der Waals surface area contributed by atoms with Crippen molar-refractivity contribution in [1.29, 1.82) is 0 Å². The van der Waals surface area contributed by atoms with E-state index in [0.29, 0.717) is 12.8 Å². The number of aromatic nitrogens is 2. The lowest BCUT2D eigenvalue weighted by Crippen LogP contribution is -2.33. The molecule has 0 aromatic carbocycles. The van der Waals surface area contributed by atoms with Crippen LogP contribution in [0.3, 0.4) is 0 Å². The lowest BCUT2D eigenvalue weighted by Gasteiger charge is -2.16. The summed E-state index contributed by atoms with van der Waals surface area (Å²) in [7, 11) is 0. The number of hydrogen-bond donors (Lipinski definition) is 2. The van der Waals surface area contributed by atoms with Crippen LogP contribution in [0.15, 0.2) is 19.0 Å². The highest BCUT2D eigenvalue weighted by atomic mass is 16.4. The Labute approximate surface area is 86.6 Å². The molecule has 5 heteroatoms. The molecule has 0 radical (unpaired) electrons. The van der Waals surface area contributed by atoms with E-state index in [0.717, 1.165) is 5.56 Å². The summed E-state index contributed by atoms with van der Waals surface area (Å²) in [6.07, 6.45) is 4.83. The molecule has 1 atom stereocenters. The van der Waals surface area contributed by atoms with E-state index < -0.39 is 17.5 Å². The van der Waals surface area contributed by atoms with Crippen LogP contribution in [0.25, 0.3) is 6.20 Å². The minimum atomic E-state index is -1.35. The molecule has 1 aromatic rings. The van der Waals surface area contributed by atoms with Crippen molar-refractivity contribution in [1.82, 2.24) is 9.78 Å². The van der Waals surface area contributed by atoms with Crippen LogP contribution in [-0.2, 0) is 10.2 Å². The van der Waals surface area contributed by atoms with Crippen LogP contribution in [0.1, 0.15) is 18.4 Å². The normalized spacial score (nSPS) is 19.5. The third kappa shape index (κ3) is 1.45. The average Bonchev–Trinajstić information content (AvgIpc) is 2.88. The van der Waals surface area contributed by atoms with Crippen LogP contribution < -0.4 is 0 Å². The van der Waals surface area contributed by atoms with Crippen molar-refractivity contribution in [3.63, 3.8) is 0 Å². The van der Waals surface area contributed by atoms with E-state index >= 15 is 0 Å². The molecule has 1 aliphatic rings. The van der Waals surface area contributed by atoms with Gasteiger partial charge in [0.2, 0.25) is 0 Å². The monoisotopic (exact) mass is 208 g/mol. The Morgan fingerprint density at radius 2 is 2.40 bits per heavy atom. The number of carboxylic acid groups (broad SMARTS) is 1. The maximum atomic E-state index is 10.7. The number of aliphatic hydroxyl groups is 1. The molecule has 5 nitrogen and oxygen atoms in total. The Morgan fingerprint density at radius 1 is 1.73 bits per heavy atom. The number of rotatable bonds is 4. The molecule has 1 saturated carbocycles. The number of nitrogens with zero attached hydrogens (tertiary/aromatic N) is 2. The van der Waals surface area contributed by atoms with Crippen LogP contribution in [0.5, 0.6) is 0 Å². The van der Waals surface area contributed by atoms with Gasteiger partial charge in [0.05, 0.1) is 6.20 Å². The van der Waals surface area contributed by atoms with E-state index in [-0.39, 0.29) is 0 Å². The molecule has 0 bridgehead atoms. The number of hydrogen-bond acceptors (Lipinski definition) is 3. The summed E-state index contributed by atoms with van der Waals surface area (Å²) < 4.78 is 1.50. The second-order valence-electron chi connectivity index (χ2n) is 3.79.